The minimum atomic E-state index is 0.122. The zero-order valence-electron chi connectivity index (χ0n) is 9.88. The lowest BCUT2D eigenvalue weighted by molar-refractivity contribution is 0.651. The molecule has 3 rings (SSSR count). The molecule has 2 N–H and O–H groups in total. The van der Waals surface area contributed by atoms with E-state index in [2.05, 4.69) is 38.1 Å². The third kappa shape index (κ3) is 1.06. The average molecular weight is 211 g/mol. The Balaban J connectivity index is 2.34. The number of allylic oxidation sites excluding steroid dienone is 4. The maximum atomic E-state index is 6.14. The molecule has 16 heavy (non-hydrogen) atoms. The third-order valence-electron chi connectivity index (χ3n) is 3.92. The van der Waals surface area contributed by atoms with Crippen molar-refractivity contribution in [2.75, 3.05) is 5.73 Å². The van der Waals surface area contributed by atoms with Crippen LogP contribution in [0, 0.1) is 0 Å². The van der Waals surface area contributed by atoms with E-state index >= 15 is 0 Å². The van der Waals surface area contributed by atoms with Crippen molar-refractivity contribution in [3.63, 3.8) is 0 Å². The Hall–Kier alpha value is -1.50. The van der Waals surface area contributed by atoms with Crippen LogP contribution >= 0.6 is 0 Å². The van der Waals surface area contributed by atoms with Gasteiger partial charge in [-0.2, -0.15) is 0 Å². The molecule has 0 spiro atoms. The normalized spacial score (nSPS) is 20.9. The monoisotopic (exact) mass is 211 g/mol. The van der Waals surface area contributed by atoms with Crippen LogP contribution in [-0.4, -0.2) is 0 Å². The van der Waals surface area contributed by atoms with Gasteiger partial charge in [-0.1, -0.05) is 38.1 Å². The Morgan fingerprint density at radius 1 is 1.25 bits per heavy atom. The first-order valence-corrected chi connectivity index (χ1v) is 5.92. The Morgan fingerprint density at radius 2 is 2.06 bits per heavy atom. The molecule has 2 aliphatic rings. The fourth-order valence-corrected chi connectivity index (χ4v) is 3.08. The summed E-state index contributed by atoms with van der Waals surface area (Å²) in [6.07, 6.45) is 6.85. The maximum absolute atomic E-state index is 6.14. The van der Waals surface area contributed by atoms with Gasteiger partial charge in [0.25, 0.3) is 0 Å². The van der Waals surface area contributed by atoms with Gasteiger partial charge in [-0.3, -0.25) is 0 Å². The van der Waals surface area contributed by atoms with Crippen LogP contribution in [0.3, 0.4) is 0 Å². The van der Waals surface area contributed by atoms with Gasteiger partial charge in [0, 0.05) is 16.7 Å². The Labute approximate surface area is 96.7 Å². The summed E-state index contributed by atoms with van der Waals surface area (Å²) in [5.41, 5.74) is 12.8. The fraction of sp³-hybridized carbons (Fsp3) is 0.333. The molecule has 1 nitrogen and oxygen atoms in total. The summed E-state index contributed by atoms with van der Waals surface area (Å²) in [5, 5.41) is 0. The molecule has 0 aromatic heterocycles. The summed E-state index contributed by atoms with van der Waals surface area (Å²) in [6.45, 7) is 4.59. The van der Waals surface area contributed by atoms with E-state index in [0.717, 1.165) is 18.5 Å². The van der Waals surface area contributed by atoms with Crippen molar-refractivity contribution in [1.82, 2.24) is 0 Å². The van der Waals surface area contributed by atoms with Crippen LogP contribution < -0.4 is 5.73 Å². The van der Waals surface area contributed by atoms with Crippen LogP contribution in [0.4, 0.5) is 5.69 Å². The number of hydrogen-bond acceptors (Lipinski definition) is 1. The van der Waals surface area contributed by atoms with E-state index in [-0.39, 0.29) is 5.41 Å². The second-order valence-corrected chi connectivity index (χ2v) is 5.23. The SMILES string of the molecule is CC1(C)C2=C(CCC=C2)c2c(N)cccc21. The van der Waals surface area contributed by atoms with Crippen LogP contribution in [0.5, 0.6) is 0 Å². The van der Waals surface area contributed by atoms with Crippen molar-refractivity contribution in [2.45, 2.75) is 32.1 Å². The van der Waals surface area contributed by atoms with Gasteiger partial charge < -0.3 is 5.73 Å². The van der Waals surface area contributed by atoms with Gasteiger partial charge in [-0.05, 0) is 35.6 Å². The van der Waals surface area contributed by atoms with E-state index in [1.54, 1.807) is 0 Å². The number of hydrogen-bond donors (Lipinski definition) is 1. The van der Waals surface area contributed by atoms with Crippen LogP contribution in [0.1, 0.15) is 37.8 Å². The van der Waals surface area contributed by atoms with Crippen molar-refractivity contribution in [1.29, 1.82) is 0 Å². The molecule has 1 aromatic carbocycles. The summed E-state index contributed by atoms with van der Waals surface area (Å²) in [7, 11) is 0. The largest absolute Gasteiger partial charge is 0.398 e. The van der Waals surface area contributed by atoms with E-state index in [9.17, 15) is 0 Å². The van der Waals surface area contributed by atoms with Gasteiger partial charge >= 0.3 is 0 Å². The van der Waals surface area contributed by atoms with Crippen molar-refractivity contribution < 1.29 is 0 Å². The predicted octanol–water partition coefficient (Wildman–Crippen LogP) is 3.66. The number of benzene rings is 1. The number of anilines is 1. The molecule has 0 heterocycles. The first kappa shape index (κ1) is 9.71. The lowest BCUT2D eigenvalue weighted by Crippen LogP contribution is -2.16. The molecule has 0 saturated heterocycles. The van der Waals surface area contributed by atoms with Crippen LogP contribution in [0.25, 0.3) is 5.57 Å². The molecule has 0 bridgehead atoms. The summed E-state index contributed by atoms with van der Waals surface area (Å²) in [5.74, 6) is 0. The Bertz CT molecular complexity index is 518. The van der Waals surface area contributed by atoms with Crippen molar-refractivity contribution in [3.8, 4) is 0 Å². The second kappa shape index (κ2) is 3.00. The molecule has 0 amide bonds. The van der Waals surface area contributed by atoms with Gasteiger partial charge in [-0.25, -0.2) is 0 Å². The molecule has 0 saturated carbocycles. The molecule has 0 unspecified atom stereocenters. The van der Waals surface area contributed by atoms with E-state index in [0.29, 0.717) is 0 Å². The van der Waals surface area contributed by atoms with Gasteiger partial charge in [0.2, 0.25) is 0 Å². The minimum Gasteiger partial charge on any atom is -0.398 e. The van der Waals surface area contributed by atoms with Gasteiger partial charge in [0.15, 0.2) is 0 Å². The van der Waals surface area contributed by atoms with Crippen LogP contribution in [0.2, 0.25) is 0 Å². The topological polar surface area (TPSA) is 26.0 Å². The predicted molar refractivity (Wildman–Crippen MR) is 69.2 cm³/mol. The van der Waals surface area contributed by atoms with Crippen molar-refractivity contribution in [2.24, 2.45) is 0 Å². The zero-order valence-corrected chi connectivity index (χ0v) is 9.88. The fourth-order valence-electron chi connectivity index (χ4n) is 3.08. The summed E-state index contributed by atoms with van der Waals surface area (Å²) in [6, 6.07) is 6.30. The minimum absolute atomic E-state index is 0.122. The highest BCUT2D eigenvalue weighted by atomic mass is 14.6. The number of nitrogens with two attached hydrogens (primary N) is 1. The lowest BCUT2D eigenvalue weighted by atomic mass is 9.80. The maximum Gasteiger partial charge on any atom is 0.0393 e. The highest BCUT2D eigenvalue weighted by molar-refractivity contribution is 5.88. The van der Waals surface area contributed by atoms with E-state index < -0.39 is 0 Å². The van der Waals surface area contributed by atoms with Gasteiger partial charge in [0.05, 0.1) is 0 Å². The molecular formula is C15H17N. The summed E-state index contributed by atoms with van der Waals surface area (Å²) in [4.78, 5) is 0. The lowest BCUT2D eigenvalue weighted by Gasteiger charge is -2.23. The van der Waals surface area contributed by atoms with E-state index in [4.69, 9.17) is 5.73 Å². The van der Waals surface area contributed by atoms with Crippen molar-refractivity contribution in [3.05, 3.63) is 47.1 Å². The molecule has 2 aliphatic carbocycles. The van der Waals surface area contributed by atoms with Gasteiger partial charge in [-0.15, -0.1) is 0 Å². The Morgan fingerprint density at radius 3 is 2.88 bits per heavy atom. The molecule has 1 heteroatoms. The molecule has 0 fully saturated rings. The molecule has 1 aromatic rings. The molecular weight excluding hydrogens is 194 g/mol. The first-order chi connectivity index (χ1) is 7.62. The first-order valence-electron chi connectivity index (χ1n) is 5.92. The highest BCUT2D eigenvalue weighted by Crippen LogP contribution is 2.51. The summed E-state index contributed by atoms with van der Waals surface area (Å²) < 4.78 is 0. The van der Waals surface area contributed by atoms with Gasteiger partial charge in [0.1, 0.15) is 0 Å². The quantitative estimate of drug-likeness (QED) is 0.651. The van der Waals surface area contributed by atoms with Crippen LogP contribution in [-0.2, 0) is 5.41 Å². The zero-order chi connectivity index (χ0) is 11.3. The van der Waals surface area contributed by atoms with Crippen molar-refractivity contribution >= 4 is 11.3 Å². The second-order valence-electron chi connectivity index (χ2n) is 5.23. The molecule has 0 atom stereocenters. The highest BCUT2D eigenvalue weighted by Gasteiger charge is 2.37. The summed E-state index contributed by atoms with van der Waals surface area (Å²) >= 11 is 0. The molecule has 82 valence electrons. The molecule has 0 aliphatic heterocycles. The Kier molecular flexibility index (Phi) is 1.82. The number of rotatable bonds is 0. The molecule has 0 radical (unpaired) electrons. The average Bonchev–Trinajstić information content (AvgIpc) is 2.51. The number of fused-ring (bicyclic) bond motifs is 2. The standard InChI is InChI=1S/C15H17N/c1-15(2)11-7-4-3-6-10(11)14-12(15)8-5-9-13(14)16/h4-5,7-9H,3,6,16H2,1-2H3. The van der Waals surface area contributed by atoms with E-state index in [1.807, 2.05) is 6.07 Å². The third-order valence-corrected chi connectivity index (χ3v) is 3.92. The number of nitrogen functional groups attached to an aromatic ring is 1. The smallest absolute Gasteiger partial charge is 0.0393 e. The van der Waals surface area contributed by atoms with E-state index in [1.165, 1.54) is 22.3 Å². The van der Waals surface area contributed by atoms with Crippen LogP contribution in [0.15, 0.2) is 35.9 Å².